The van der Waals surface area contributed by atoms with Gasteiger partial charge in [-0.1, -0.05) is 22.0 Å². The van der Waals surface area contributed by atoms with Crippen LogP contribution in [-0.4, -0.2) is 19.1 Å². The number of anilines is 1. The van der Waals surface area contributed by atoms with E-state index in [1.165, 1.54) is 18.5 Å². The van der Waals surface area contributed by atoms with E-state index in [4.69, 9.17) is 5.73 Å². The van der Waals surface area contributed by atoms with Crippen molar-refractivity contribution in [3.63, 3.8) is 0 Å². The molecule has 0 saturated carbocycles. The van der Waals surface area contributed by atoms with E-state index in [2.05, 4.69) is 45.1 Å². The zero-order chi connectivity index (χ0) is 9.97. The normalized spacial score (nSPS) is 21.6. The largest absolute Gasteiger partial charge is 0.367 e. The minimum absolute atomic E-state index is 0.532. The molecule has 0 bridgehead atoms. The first kappa shape index (κ1) is 9.99. The van der Waals surface area contributed by atoms with Gasteiger partial charge in [-0.05, 0) is 31.0 Å². The highest BCUT2D eigenvalue weighted by molar-refractivity contribution is 9.10. The van der Waals surface area contributed by atoms with Crippen LogP contribution < -0.4 is 10.6 Å². The number of nitrogens with zero attached hydrogens (tertiary/aromatic N) is 1. The van der Waals surface area contributed by atoms with Gasteiger partial charge in [0.15, 0.2) is 0 Å². The van der Waals surface area contributed by atoms with Crippen LogP contribution in [0.25, 0.3) is 0 Å². The van der Waals surface area contributed by atoms with Crippen molar-refractivity contribution >= 4 is 21.6 Å². The van der Waals surface area contributed by atoms with E-state index < -0.39 is 0 Å². The van der Waals surface area contributed by atoms with Crippen molar-refractivity contribution in [1.29, 1.82) is 0 Å². The van der Waals surface area contributed by atoms with Crippen LogP contribution in [0.5, 0.6) is 0 Å². The standard InChI is InChI=1S/C11H15BrN2/c12-9-3-1-4-10(7-9)14-6-2-5-11(14)8-13/h1,3-4,7,11H,2,5-6,8,13H2. The average Bonchev–Trinajstić information content (AvgIpc) is 2.65. The second-order valence-corrected chi connectivity index (χ2v) is 4.62. The molecule has 2 rings (SSSR count). The second-order valence-electron chi connectivity index (χ2n) is 3.71. The van der Waals surface area contributed by atoms with Crippen LogP contribution in [0.2, 0.25) is 0 Å². The average molecular weight is 255 g/mol. The van der Waals surface area contributed by atoms with Gasteiger partial charge in [-0.3, -0.25) is 0 Å². The van der Waals surface area contributed by atoms with Gasteiger partial charge in [-0.25, -0.2) is 0 Å². The Kier molecular flexibility index (Phi) is 3.08. The van der Waals surface area contributed by atoms with E-state index in [9.17, 15) is 0 Å². The van der Waals surface area contributed by atoms with Gasteiger partial charge in [0, 0.05) is 29.3 Å². The fourth-order valence-electron chi connectivity index (χ4n) is 2.08. The summed E-state index contributed by atoms with van der Waals surface area (Å²) in [5.41, 5.74) is 7.03. The Morgan fingerprint density at radius 3 is 3.07 bits per heavy atom. The van der Waals surface area contributed by atoms with Gasteiger partial charge in [-0.15, -0.1) is 0 Å². The van der Waals surface area contributed by atoms with E-state index in [1.807, 2.05) is 0 Å². The molecular formula is C11H15BrN2. The van der Waals surface area contributed by atoms with Crippen LogP contribution in [0.3, 0.4) is 0 Å². The van der Waals surface area contributed by atoms with Crippen LogP contribution in [0.1, 0.15) is 12.8 Å². The third-order valence-corrected chi connectivity index (χ3v) is 3.28. The molecule has 1 heterocycles. The highest BCUT2D eigenvalue weighted by Crippen LogP contribution is 2.27. The van der Waals surface area contributed by atoms with Crippen molar-refractivity contribution in [2.75, 3.05) is 18.0 Å². The molecule has 1 aliphatic heterocycles. The first-order valence-corrected chi connectivity index (χ1v) is 5.83. The molecule has 0 aromatic heterocycles. The SMILES string of the molecule is NCC1CCCN1c1cccc(Br)c1. The van der Waals surface area contributed by atoms with Crippen molar-refractivity contribution in [3.8, 4) is 0 Å². The lowest BCUT2D eigenvalue weighted by Gasteiger charge is -2.25. The zero-order valence-corrected chi connectivity index (χ0v) is 9.70. The van der Waals surface area contributed by atoms with Crippen LogP contribution in [-0.2, 0) is 0 Å². The van der Waals surface area contributed by atoms with Crippen LogP contribution in [0.4, 0.5) is 5.69 Å². The van der Waals surface area contributed by atoms with Gasteiger partial charge in [0.25, 0.3) is 0 Å². The number of hydrogen-bond acceptors (Lipinski definition) is 2. The molecule has 1 saturated heterocycles. The Morgan fingerprint density at radius 1 is 1.50 bits per heavy atom. The smallest absolute Gasteiger partial charge is 0.0412 e. The highest BCUT2D eigenvalue weighted by Gasteiger charge is 2.23. The summed E-state index contributed by atoms with van der Waals surface area (Å²) in [5.74, 6) is 0. The van der Waals surface area contributed by atoms with Gasteiger partial charge >= 0.3 is 0 Å². The Labute approximate surface area is 93.2 Å². The lowest BCUT2D eigenvalue weighted by molar-refractivity contribution is 0.677. The molecule has 1 atom stereocenters. The molecule has 0 amide bonds. The fraction of sp³-hybridized carbons (Fsp3) is 0.455. The molecule has 2 N–H and O–H groups in total. The lowest BCUT2D eigenvalue weighted by atomic mass is 10.2. The molecule has 14 heavy (non-hydrogen) atoms. The fourth-order valence-corrected chi connectivity index (χ4v) is 2.46. The summed E-state index contributed by atoms with van der Waals surface area (Å²) in [4.78, 5) is 2.41. The van der Waals surface area contributed by atoms with Crippen molar-refractivity contribution in [1.82, 2.24) is 0 Å². The van der Waals surface area contributed by atoms with E-state index in [-0.39, 0.29) is 0 Å². The lowest BCUT2D eigenvalue weighted by Crippen LogP contribution is -2.35. The summed E-state index contributed by atoms with van der Waals surface area (Å²) in [6.45, 7) is 1.89. The summed E-state index contributed by atoms with van der Waals surface area (Å²) in [6, 6.07) is 8.97. The maximum absolute atomic E-state index is 5.75. The highest BCUT2D eigenvalue weighted by atomic mass is 79.9. The van der Waals surface area contributed by atoms with E-state index in [1.54, 1.807) is 0 Å². The summed E-state index contributed by atoms with van der Waals surface area (Å²) < 4.78 is 1.14. The predicted molar refractivity (Wildman–Crippen MR) is 63.6 cm³/mol. The number of rotatable bonds is 2. The first-order valence-electron chi connectivity index (χ1n) is 5.03. The number of hydrogen-bond donors (Lipinski definition) is 1. The summed E-state index contributed by atoms with van der Waals surface area (Å²) in [5, 5.41) is 0. The van der Waals surface area contributed by atoms with Crippen molar-refractivity contribution in [2.45, 2.75) is 18.9 Å². The second kappa shape index (κ2) is 4.32. The number of halogens is 1. The van der Waals surface area contributed by atoms with Gasteiger partial charge in [0.1, 0.15) is 0 Å². The van der Waals surface area contributed by atoms with Crippen LogP contribution in [0.15, 0.2) is 28.7 Å². The monoisotopic (exact) mass is 254 g/mol. The minimum atomic E-state index is 0.532. The molecule has 1 aromatic carbocycles. The Hall–Kier alpha value is -0.540. The van der Waals surface area contributed by atoms with Gasteiger partial charge < -0.3 is 10.6 Å². The van der Waals surface area contributed by atoms with E-state index in [0.29, 0.717) is 6.04 Å². The Morgan fingerprint density at radius 2 is 2.36 bits per heavy atom. The van der Waals surface area contributed by atoms with Gasteiger partial charge in [-0.2, -0.15) is 0 Å². The van der Waals surface area contributed by atoms with Gasteiger partial charge in [0.05, 0.1) is 0 Å². The maximum Gasteiger partial charge on any atom is 0.0412 e. The molecule has 0 radical (unpaired) electrons. The molecule has 76 valence electrons. The Balaban J connectivity index is 2.21. The predicted octanol–water partition coefficient (Wildman–Crippen LogP) is 2.38. The zero-order valence-electron chi connectivity index (χ0n) is 8.12. The third-order valence-electron chi connectivity index (χ3n) is 2.79. The Bertz CT molecular complexity index is 314. The van der Waals surface area contributed by atoms with Crippen molar-refractivity contribution < 1.29 is 0 Å². The summed E-state index contributed by atoms with van der Waals surface area (Å²) >= 11 is 3.49. The quantitative estimate of drug-likeness (QED) is 0.879. The molecule has 1 aromatic rings. The summed E-state index contributed by atoms with van der Waals surface area (Å²) in [6.07, 6.45) is 2.48. The van der Waals surface area contributed by atoms with E-state index >= 15 is 0 Å². The van der Waals surface area contributed by atoms with Crippen LogP contribution in [0, 0.1) is 0 Å². The topological polar surface area (TPSA) is 29.3 Å². The number of nitrogens with two attached hydrogens (primary N) is 1. The van der Waals surface area contributed by atoms with Crippen molar-refractivity contribution in [2.24, 2.45) is 5.73 Å². The van der Waals surface area contributed by atoms with Gasteiger partial charge in [0.2, 0.25) is 0 Å². The van der Waals surface area contributed by atoms with Crippen molar-refractivity contribution in [3.05, 3.63) is 28.7 Å². The molecule has 0 spiro atoms. The molecule has 0 aliphatic carbocycles. The minimum Gasteiger partial charge on any atom is -0.367 e. The molecule has 1 fully saturated rings. The molecule has 1 unspecified atom stereocenters. The van der Waals surface area contributed by atoms with Crippen LogP contribution >= 0.6 is 15.9 Å². The first-order chi connectivity index (χ1) is 6.81. The van der Waals surface area contributed by atoms with E-state index in [0.717, 1.165) is 17.6 Å². The summed E-state index contributed by atoms with van der Waals surface area (Å²) in [7, 11) is 0. The third kappa shape index (κ3) is 1.93. The molecule has 2 nitrogen and oxygen atoms in total. The molecular weight excluding hydrogens is 240 g/mol. The molecule has 3 heteroatoms. The number of benzene rings is 1. The maximum atomic E-state index is 5.75. The molecule has 1 aliphatic rings.